The van der Waals surface area contributed by atoms with Gasteiger partial charge in [0.2, 0.25) is 5.78 Å². The minimum Gasteiger partial charge on any atom is -0.496 e. The second-order valence-corrected chi connectivity index (χ2v) is 6.30. The Balaban J connectivity index is 1.99. The molecule has 19 heavy (non-hydrogen) atoms. The number of ketones is 1. The molecule has 4 heteroatoms. The molecule has 0 fully saturated rings. The summed E-state index contributed by atoms with van der Waals surface area (Å²) in [4.78, 5) is 13.2. The van der Waals surface area contributed by atoms with Gasteiger partial charge in [0.15, 0.2) is 0 Å². The van der Waals surface area contributed by atoms with Gasteiger partial charge in [-0.15, -0.1) is 22.7 Å². The molecule has 0 saturated carbocycles. The van der Waals surface area contributed by atoms with E-state index in [-0.39, 0.29) is 5.78 Å². The number of benzene rings is 1. The second-order valence-electron chi connectivity index (χ2n) is 4.27. The minimum atomic E-state index is 0.0825. The summed E-state index contributed by atoms with van der Waals surface area (Å²) in [5, 5.41) is 2.05. The Morgan fingerprint density at radius 3 is 2.68 bits per heavy atom. The molecule has 0 N–H and O–H groups in total. The Bertz CT molecular complexity index is 724. The smallest absolute Gasteiger partial charge is 0.203 e. The topological polar surface area (TPSA) is 26.3 Å². The van der Waals surface area contributed by atoms with Crippen LogP contribution in [-0.4, -0.2) is 12.9 Å². The second kappa shape index (κ2) is 4.79. The van der Waals surface area contributed by atoms with Crippen LogP contribution in [0.25, 0.3) is 9.40 Å². The van der Waals surface area contributed by atoms with E-state index in [0.29, 0.717) is 5.56 Å². The van der Waals surface area contributed by atoms with Gasteiger partial charge in [0.25, 0.3) is 0 Å². The van der Waals surface area contributed by atoms with Crippen LogP contribution < -0.4 is 4.74 Å². The Morgan fingerprint density at radius 1 is 1.16 bits per heavy atom. The van der Waals surface area contributed by atoms with E-state index in [2.05, 4.69) is 6.07 Å². The molecule has 1 aromatic carbocycles. The van der Waals surface area contributed by atoms with Crippen LogP contribution >= 0.6 is 22.7 Å². The van der Waals surface area contributed by atoms with Crippen molar-refractivity contribution in [3.8, 4) is 5.75 Å². The lowest BCUT2D eigenvalue weighted by Crippen LogP contribution is -1.99. The largest absolute Gasteiger partial charge is 0.496 e. The maximum atomic E-state index is 12.4. The van der Waals surface area contributed by atoms with Crippen molar-refractivity contribution in [1.29, 1.82) is 0 Å². The van der Waals surface area contributed by atoms with Crippen molar-refractivity contribution in [1.82, 2.24) is 0 Å². The summed E-state index contributed by atoms with van der Waals surface area (Å²) < 4.78 is 7.57. The van der Waals surface area contributed by atoms with Crippen molar-refractivity contribution in [2.45, 2.75) is 6.92 Å². The van der Waals surface area contributed by atoms with E-state index < -0.39 is 0 Å². The van der Waals surface area contributed by atoms with E-state index in [1.807, 2.05) is 36.6 Å². The number of carbonyl (C=O) groups excluding carboxylic acids is 1. The minimum absolute atomic E-state index is 0.0825. The lowest BCUT2D eigenvalue weighted by atomic mass is 10.1. The molecule has 3 rings (SSSR count). The Kier molecular flexibility index (Phi) is 3.12. The quantitative estimate of drug-likeness (QED) is 0.663. The van der Waals surface area contributed by atoms with Gasteiger partial charge in [-0.05, 0) is 48.2 Å². The number of hydrogen-bond acceptors (Lipinski definition) is 4. The summed E-state index contributed by atoms with van der Waals surface area (Å²) in [5.41, 5.74) is 1.69. The summed E-state index contributed by atoms with van der Waals surface area (Å²) in [6.45, 7) is 1.95. The molecule has 0 unspecified atom stereocenters. The first-order chi connectivity index (χ1) is 9.19. The van der Waals surface area contributed by atoms with Gasteiger partial charge in [-0.25, -0.2) is 0 Å². The first-order valence-corrected chi connectivity index (χ1v) is 7.55. The predicted octanol–water partition coefficient (Wildman–Crippen LogP) is 4.51. The third-order valence-corrected chi connectivity index (χ3v) is 5.11. The zero-order valence-electron chi connectivity index (χ0n) is 10.6. The summed E-state index contributed by atoms with van der Waals surface area (Å²) >= 11 is 3.22. The average Bonchev–Trinajstić information content (AvgIpc) is 2.98. The maximum absolute atomic E-state index is 12.4. The van der Waals surface area contributed by atoms with E-state index in [4.69, 9.17) is 4.74 Å². The molecule has 0 aliphatic rings. The molecule has 3 aromatic rings. The normalized spacial score (nSPS) is 10.8. The van der Waals surface area contributed by atoms with Gasteiger partial charge in [0.05, 0.1) is 12.0 Å². The molecule has 2 heterocycles. The lowest BCUT2D eigenvalue weighted by Gasteiger charge is -2.05. The summed E-state index contributed by atoms with van der Waals surface area (Å²) in [6.07, 6.45) is 0. The number of fused-ring (bicyclic) bond motifs is 1. The van der Waals surface area contributed by atoms with Crippen molar-refractivity contribution < 1.29 is 9.53 Å². The van der Waals surface area contributed by atoms with E-state index in [1.165, 1.54) is 9.40 Å². The highest BCUT2D eigenvalue weighted by Gasteiger charge is 2.14. The van der Waals surface area contributed by atoms with E-state index in [9.17, 15) is 4.79 Å². The molecule has 0 bridgehead atoms. The molecule has 2 nitrogen and oxygen atoms in total. The molecule has 0 aliphatic heterocycles. The fourth-order valence-corrected chi connectivity index (χ4v) is 4.11. The maximum Gasteiger partial charge on any atom is 0.203 e. The molecule has 0 spiro atoms. The monoisotopic (exact) mass is 288 g/mol. The number of rotatable bonds is 3. The zero-order chi connectivity index (χ0) is 13.4. The Labute approximate surface area is 119 Å². The third-order valence-electron chi connectivity index (χ3n) is 3.02. The van der Waals surface area contributed by atoms with Gasteiger partial charge >= 0.3 is 0 Å². The van der Waals surface area contributed by atoms with Gasteiger partial charge in [-0.3, -0.25) is 4.79 Å². The molecule has 0 radical (unpaired) electrons. The van der Waals surface area contributed by atoms with Crippen LogP contribution in [-0.2, 0) is 0 Å². The first kappa shape index (κ1) is 12.4. The Hall–Kier alpha value is -1.65. The molecule has 0 atom stereocenters. The van der Waals surface area contributed by atoms with Crippen molar-refractivity contribution in [3.05, 3.63) is 51.7 Å². The Morgan fingerprint density at radius 2 is 2.00 bits per heavy atom. The van der Waals surface area contributed by atoms with Crippen LogP contribution in [0.15, 0.2) is 35.7 Å². The lowest BCUT2D eigenvalue weighted by molar-refractivity contribution is 0.104. The highest BCUT2D eigenvalue weighted by atomic mass is 32.1. The summed E-state index contributed by atoms with van der Waals surface area (Å²) in [7, 11) is 1.64. The number of thiophene rings is 2. The van der Waals surface area contributed by atoms with Crippen molar-refractivity contribution in [2.75, 3.05) is 7.11 Å². The summed E-state index contributed by atoms with van der Waals surface area (Å²) in [5.74, 6) is 0.892. The highest BCUT2D eigenvalue weighted by Crippen LogP contribution is 2.31. The van der Waals surface area contributed by atoms with E-state index in [1.54, 1.807) is 29.8 Å². The van der Waals surface area contributed by atoms with Gasteiger partial charge in [-0.1, -0.05) is 0 Å². The molecule has 2 aromatic heterocycles. The van der Waals surface area contributed by atoms with Crippen LogP contribution in [0.2, 0.25) is 0 Å². The molecule has 0 aliphatic carbocycles. The summed E-state index contributed by atoms with van der Waals surface area (Å²) in [6, 6.07) is 9.59. The van der Waals surface area contributed by atoms with Crippen LogP contribution in [0, 0.1) is 6.92 Å². The SMILES string of the molecule is COc1ccc(C(=O)c2cc3sccc3s2)cc1C. The van der Waals surface area contributed by atoms with E-state index >= 15 is 0 Å². The number of hydrogen-bond donors (Lipinski definition) is 0. The van der Waals surface area contributed by atoms with Crippen LogP contribution in [0.4, 0.5) is 0 Å². The number of ether oxygens (including phenoxy) is 1. The fourth-order valence-electron chi connectivity index (χ4n) is 2.04. The third kappa shape index (κ3) is 2.17. The van der Waals surface area contributed by atoms with Gasteiger partial charge in [-0.2, -0.15) is 0 Å². The van der Waals surface area contributed by atoms with Crippen LogP contribution in [0.3, 0.4) is 0 Å². The zero-order valence-corrected chi connectivity index (χ0v) is 12.2. The number of aryl methyl sites for hydroxylation is 1. The van der Waals surface area contributed by atoms with Gasteiger partial charge < -0.3 is 4.74 Å². The molecule has 0 amide bonds. The number of methoxy groups -OCH3 is 1. The van der Waals surface area contributed by atoms with Crippen molar-refractivity contribution in [3.63, 3.8) is 0 Å². The van der Waals surface area contributed by atoms with Crippen molar-refractivity contribution >= 4 is 37.9 Å². The number of carbonyl (C=O) groups is 1. The fraction of sp³-hybridized carbons (Fsp3) is 0.133. The van der Waals surface area contributed by atoms with Crippen LogP contribution in [0.1, 0.15) is 20.8 Å². The average molecular weight is 288 g/mol. The predicted molar refractivity (Wildman–Crippen MR) is 80.9 cm³/mol. The molecular weight excluding hydrogens is 276 g/mol. The molecular formula is C15H12O2S2. The standard InChI is InChI=1S/C15H12O2S2/c1-9-7-10(3-4-11(9)17-2)15(16)14-8-13-12(19-14)5-6-18-13/h3-8H,1-2H3. The van der Waals surface area contributed by atoms with Crippen LogP contribution in [0.5, 0.6) is 5.75 Å². The van der Waals surface area contributed by atoms with E-state index in [0.717, 1.165) is 16.2 Å². The highest BCUT2D eigenvalue weighted by molar-refractivity contribution is 7.28. The molecule has 0 saturated heterocycles. The first-order valence-electron chi connectivity index (χ1n) is 5.85. The van der Waals surface area contributed by atoms with Gasteiger partial charge in [0, 0.05) is 15.0 Å². The van der Waals surface area contributed by atoms with Gasteiger partial charge in [0.1, 0.15) is 5.75 Å². The van der Waals surface area contributed by atoms with Crippen molar-refractivity contribution in [2.24, 2.45) is 0 Å². The molecule has 96 valence electrons.